The second-order valence-electron chi connectivity index (χ2n) is 10.5. The van der Waals surface area contributed by atoms with Gasteiger partial charge in [-0.25, -0.2) is 0 Å². The maximum atomic E-state index is 13.5. The number of ketones is 2. The van der Waals surface area contributed by atoms with E-state index in [-0.39, 0.29) is 41.2 Å². The molecule has 0 aromatic rings. The Bertz CT molecular complexity index is 686. The summed E-state index contributed by atoms with van der Waals surface area (Å²) in [6, 6.07) is 0. The van der Waals surface area contributed by atoms with Crippen LogP contribution in [0.15, 0.2) is 0 Å². The molecule has 0 heterocycles. The molecule has 8 atom stereocenters. The van der Waals surface area contributed by atoms with Crippen molar-refractivity contribution in [3.8, 4) is 0 Å². The average Bonchev–Trinajstić information content (AvgIpc) is 2.96. The molecule has 0 aliphatic heterocycles. The molecule has 0 saturated heterocycles. The number of esters is 1. The molecule has 7 unspecified atom stereocenters. The molecule has 5 heteroatoms. The maximum Gasteiger partial charge on any atom is 0.303 e. The molecule has 28 heavy (non-hydrogen) atoms. The van der Waals surface area contributed by atoms with Crippen molar-refractivity contribution >= 4 is 17.5 Å². The van der Waals surface area contributed by atoms with Gasteiger partial charge in [0.15, 0.2) is 5.78 Å². The second kappa shape index (κ2) is 6.93. The minimum atomic E-state index is -0.432. The Balaban J connectivity index is 1.58. The van der Waals surface area contributed by atoms with Gasteiger partial charge in [0.1, 0.15) is 12.4 Å². The van der Waals surface area contributed by atoms with Crippen molar-refractivity contribution < 1.29 is 24.2 Å². The van der Waals surface area contributed by atoms with Crippen LogP contribution in [-0.2, 0) is 19.1 Å². The standard InChI is InChI=1S/C23H34O5/c1-13(24)28-12-20(27)18-7-6-17-16-5-4-14-10-15(25)8-9-22(14,2)21(16)19(26)11-23(17,18)3/h14-18,21,25H,4-12H2,1-3H3/t14-,15?,16?,17?,18?,21?,22?,23?/m0/s1. The smallest absolute Gasteiger partial charge is 0.303 e. The van der Waals surface area contributed by atoms with Crippen LogP contribution in [0.5, 0.6) is 0 Å². The molecule has 4 aliphatic carbocycles. The molecule has 0 amide bonds. The number of Topliss-reactive ketones (excluding diaryl/α,β-unsaturated/α-hetero) is 2. The third-order valence-electron chi connectivity index (χ3n) is 9.13. The topological polar surface area (TPSA) is 80.7 Å². The molecule has 4 saturated carbocycles. The van der Waals surface area contributed by atoms with E-state index in [0.717, 1.165) is 44.9 Å². The number of fused-ring (bicyclic) bond motifs is 5. The number of carbonyl (C=O) groups is 3. The molecule has 4 aliphatic rings. The third kappa shape index (κ3) is 2.96. The Morgan fingerprint density at radius 1 is 1.11 bits per heavy atom. The van der Waals surface area contributed by atoms with E-state index in [1.54, 1.807) is 0 Å². The highest BCUT2D eigenvalue weighted by Gasteiger charge is 2.64. The zero-order valence-electron chi connectivity index (χ0n) is 17.4. The van der Waals surface area contributed by atoms with Crippen molar-refractivity contribution in [3.63, 3.8) is 0 Å². The minimum Gasteiger partial charge on any atom is -0.458 e. The number of aliphatic hydroxyl groups is 1. The number of aliphatic hydroxyl groups excluding tert-OH is 1. The number of rotatable bonds is 3. The fourth-order valence-electron chi connectivity index (χ4n) is 7.85. The molecule has 0 bridgehead atoms. The fourth-order valence-corrected chi connectivity index (χ4v) is 7.85. The summed E-state index contributed by atoms with van der Waals surface area (Å²) >= 11 is 0. The summed E-state index contributed by atoms with van der Waals surface area (Å²) in [7, 11) is 0. The van der Waals surface area contributed by atoms with Crippen molar-refractivity contribution in [2.24, 2.45) is 40.4 Å². The number of ether oxygens (including phenoxy) is 1. The van der Waals surface area contributed by atoms with Gasteiger partial charge in [-0.1, -0.05) is 13.8 Å². The zero-order valence-corrected chi connectivity index (χ0v) is 17.4. The quantitative estimate of drug-likeness (QED) is 0.748. The van der Waals surface area contributed by atoms with Gasteiger partial charge in [-0.05, 0) is 73.5 Å². The van der Waals surface area contributed by atoms with Gasteiger partial charge in [-0.3, -0.25) is 14.4 Å². The van der Waals surface area contributed by atoms with Gasteiger partial charge in [0, 0.05) is 25.2 Å². The molecule has 0 spiro atoms. The number of hydrogen-bond acceptors (Lipinski definition) is 5. The summed E-state index contributed by atoms with van der Waals surface area (Å²) in [4.78, 5) is 37.4. The van der Waals surface area contributed by atoms with Crippen molar-refractivity contribution in [2.45, 2.75) is 78.2 Å². The first kappa shape index (κ1) is 20.1. The Morgan fingerprint density at radius 2 is 1.86 bits per heavy atom. The van der Waals surface area contributed by atoms with Crippen molar-refractivity contribution in [1.29, 1.82) is 0 Å². The highest BCUT2D eigenvalue weighted by atomic mass is 16.5. The van der Waals surface area contributed by atoms with E-state index in [1.165, 1.54) is 6.92 Å². The predicted molar refractivity (Wildman–Crippen MR) is 103 cm³/mol. The van der Waals surface area contributed by atoms with Crippen molar-refractivity contribution in [3.05, 3.63) is 0 Å². The zero-order chi connectivity index (χ0) is 20.3. The molecular formula is C23H34O5. The van der Waals surface area contributed by atoms with Crippen molar-refractivity contribution in [2.75, 3.05) is 6.61 Å². The Labute approximate surface area is 167 Å². The van der Waals surface area contributed by atoms with E-state index in [1.807, 2.05) is 0 Å². The SMILES string of the molecule is CC(=O)OCC(=O)C1CCC2C3CC[C@H]4CC(O)CCC4(C)C3C(=O)CC12C. The summed E-state index contributed by atoms with van der Waals surface area (Å²) in [5, 5.41) is 10.1. The van der Waals surface area contributed by atoms with Crippen LogP contribution < -0.4 is 0 Å². The molecular weight excluding hydrogens is 356 g/mol. The normalized spacial score (nSPS) is 47.6. The summed E-state index contributed by atoms with van der Waals surface area (Å²) in [6.45, 7) is 5.58. The van der Waals surface area contributed by atoms with Crippen LogP contribution in [0.25, 0.3) is 0 Å². The van der Waals surface area contributed by atoms with E-state index in [9.17, 15) is 19.5 Å². The average molecular weight is 391 g/mol. The lowest BCUT2D eigenvalue weighted by Crippen LogP contribution is -2.58. The fraction of sp³-hybridized carbons (Fsp3) is 0.870. The molecule has 156 valence electrons. The maximum absolute atomic E-state index is 13.5. The highest BCUT2D eigenvalue weighted by molar-refractivity contribution is 5.89. The lowest BCUT2D eigenvalue weighted by molar-refractivity contribution is -0.163. The van der Waals surface area contributed by atoms with Crippen LogP contribution in [0.1, 0.15) is 72.1 Å². The van der Waals surface area contributed by atoms with Gasteiger partial charge < -0.3 is 9.84 Å². The Kier molecular flexibility index (Phi) is 4.96. The number of carbonyl (C=O) groups excluding carboxylic acids is 3. The van der Waals surface area contributed by atoms with Gasteiger partial charge in [-0.15, -0.1) is 0 Å². The van der Waals surface area contributed by atoms with Crippen LogP contribution >= 0.6 is 0 Å². The van der Waals surface area contributed by atoms with E-state index in [0.29, 0.717) is 30.0 Å². The van der Waals surface area contributed by atoms with E-state index >= 15 is 0 Å². The summed E-state index contributed by atoms with van der Waals surface area (Å²) < 4.78 is 4.97. The van der Waals surface area contributed by atoms with Crippen molar-refractivity contribution in [1.82, 2.24) is 0 Å². The molecule has 0 radical (unpaired) electrons. The van der Waals surface area contributed by atoms with Gasteiger partial charge >= 0.3 is 5.97 Å². The number of hydrogen-bond donors (Lipinski definition) is 1. The first-order chi connectivity index (χ1) is 13.2. The molecule has 0 aromatic carbocycles. The van der Waals surface area contributed by atoms with Gasteiger partial charge in [0.2, 0.25) is 0 Å². The summed E-state index contributed by atoms with van der Waals surface area (Å²) in [5.41, 5.74) is -0.298. The molecule has 0 aromatic heterocycles. The van der Waals surface area contributed by atoms with Gasteiger partial charge in [0.25, 0.3) is 0 Å². The lowest BCUT2D eigenvalue weighted by Gasteiger charge is -2.59. The van der Waals surface area contributed by atoms with Crippen LogP contribution in [0.4, 0.5) is 0 Å². The monoisotopic (exact) mass is 390 g/mol. The van der Waals surface area contributed by atoms with Gasteiger partial charge in [0.05, 0.1) is 6.10 Å². The highest BCUT2D eigenvalue weighted by Crippen LogP contribution is 2.66. The van der Waals surface area contributed by atoms with Crippen LogP contribution in [0.3, 0.4) is 0 Å². The van der Waals surface area contributed by atoms with E-state index in [4.69, 9.17) is 4.74 Å². The molecule has 1 N–H and O–H groups in total. The third-order valence-corrected chi connectivity index (χ3v) is 9.13. The summed E-state index contributed by atoms with van der Waals surface area (Å²) in [5.74, 6) is 0.971. The van der Waals surface area contributed by atoms with Crippen LogP contribution in [0.2, 0.25) is 0 Å². The minimum absolute atomic E-state index is 0.000393. The largest absolute Gasteiger partial charge is 0.458 e. The predicted octanol–water partition coefficient (Wildman–Crippen LogP) is 3.32. The molecule has 5 nitrogen and oxygen atoms in total. The Morgan fingerprint density at radius 3 is 2.57 bits per heavy atom. The second-order valence-corrected chi connectivity index (χ2v) is 10.5. The van der Waals surface area contributed by atoms with Crippen LogP contribution in [-0.4, -0.2) is 35.4 Å². The lowest BCUT2D eigenvalue weighted by atomic mass is 9.44. The molecule has 4 rings (SSSR count). The molecule has 4 fully saturated rings. The van der Waals surface area contributed by atoms with E-state index < -0.39 is 5.97 Å². The van der Waals surface area contributed by atoms with Gasteiger partial charge in [-0.2, -0.15) is 0 Å². The summed E-state index contributed by atoms with van der Waals surface area (Å²) in [6.07, 6.45) is 6.74. The van der Waals surface area contributed by atoms with E-state index in [2.05, 4.69) is 13.8 Å². The first-order valence-electron chi connectivity index (χ1n) is 11.0. The Hall–Kier alpha value is -1.23. The first-order valence-corrected chi connectivity index (χ1v) is 11.0. The van der Waals surface area contributed by atoms with Crippen LogP contribution in [0, 0.1) is 40.4 Å².